The van der Waals surface area contributed by atoms with Crippen LogP contribution >= 0.6 is 0 Å². The first kappa shape index (κ1) is 11.0. The number of aromatic nitrogens is 2. The molecule has 68 valence electrons. The van der Waals surface area contributed by atoms with Gasteiger partial charge in [0.05, 0.1) is 5.69 Å². The molecule has 3 heteroatoms. The Morgan fingerprint density at radius 2 is 2.08 bits per heavy atom. The standard InChI is InChI=1S/C7H11N3.C2H6/c1-6-3-9-5-10-7(6)4-8-2;1-2/h3,5,8H,4H2,1-2H3;1-2H3. The lowest BCUT2D eigenvalue weighted by atomic mass is 10.2. The van der Waals surface area contributed by atoms with E-state index in [0.29, 0.717) is 0 Å². The fourth-order valence-corrected chi connectivity index (χ4v) is 0.777. The smallest absolute Gasteiger partial charge is 0.115 e. The van der Waals surface area contributed by atoms with Gasteiger partial charge in [-0.2, -0.15) is 0 Å². The highest BCUT2D eigenvalue weighted by atomic mass is 14.9. The molecule has 1 aromatic heterocycles. The van der Waals surface area contributed by atoms with Crippen LogP contribution in [0.4, 0.5) is 0 Å². The second kappa shape index (κ2) is 6.73. The summed E-state index contributed by atoms with van der Waals surface area (Å²) in [5, 5.41) is 3.03. The van der Waals surface area contributed by atoms with Crippen LogP contribution in [0.3, 0.4) is 0 Å². The SMILES string of the molecule is CC.CNCc1ncncc1C. The van der Waals surface area contributed by atoms with E-state index in [2.05, 4.69) is 15.3 Å². The highest BCUT2D eigenvalue weighted by molar-refractivity contribution is 5.12. The lowest BCUT2D eigenvalue weighted by Crippen LogP contribution is -2.08. The Morgan fingerprint density at radius 3 is 2.58 bits per heavy atom. The van der Waals surface area contributed by atoms with Crippen molar-refractivity contribution in [3.8, 4) is 0 Å². The molecule has 0 spiro atoms. The highest BCUT2D eigenvalue weighted by Gasteiger charge is 1.94. The Kier molecular flexibility index (Phi) is 6.19. The summed E-state index contributed by atoms with van der Waals surface area (Å²) in [5.74, 6) is 0. The van der Waals surface area contributed by atoms with Gasteiger partial charge in [-0.1, -0.05) is 13.8 Å². The Hall–Kier alpha value is -0.960. The molecule has 0 aromatic carbocycles. The molecule has 0 fully saturated rings. The lowest BCUT2D eigenvalue weighted by Gasteiger charge is -2.00. The topological polar surface area (TPSA) is 37.8 Å². The molecular formula is C9H17N3. The van der Waals surface area contributed by atoms with E-state index < -0.39 is 0 Å². The first-order valence-electron chi connectivity index (χ1n) is 4.24. The average Bonchev–Trinajstić information content (AvgIpc) is 2.13. The number of nitrogens with zero attached hydrogens (tertiary/aromatic N) is 2. The number of hydrogen-bond donors (Lipinski definition) is 1. The van der Waals surface area contributed by atoms with E-state index in [4.69, 9.17) is 0 Å². The number of rotatable bonds is 2. The van der Waals surface area contributed by atoms with Crippen molar-refractivity contribution in [1.29, 1.82) is 0 Å². The summed E-state index contributed by atoms with van der Waals surface area (Å²) < 4.78 is 0. The minimum atomic E-state index is 0.814. The molecule has 1 N–H and O–H groups in total. The van der Waals surface area contributed by atoms with Crippen molar-refractivity contribution < 1.29 is 0 Å². The third-order valence-corrected chi connectivity index (χ3v) is 1.35. The summed E-state index contributed by atoms with van der Waals surface area (Å²) in [5.41, 5.74) is 2.20. The van der Waals surface area contributed by atoms with Crippen LogP contribution in [0.25, 0.3) is 0 Å². The molecular weight excluding hydrogens is 150 g/mol. The van der Waals surface area contributed by atoms with E-state index in [0.717, 1.165) is 17.8 Å². The summed E-state index contributed by atoms with van der Waals surface area (Å²) in [6.07, 6.45) is 3.39. The van der Waals surface area contributed by atoms with E-state index in [1.165, 1.54) is 0 Å². The zero-order chi connectivity index (χ0) is 9.40. The van der Waals surface area contributed by atoms with Crippen molar-refractivity contribution in [2.24, 2.45) is 0 Å². The first-order valence-corrected chi connectivity index (χ1v) is 4.24. The van der Waals surface area contributed by atoms with Gasteiger partial charge in [0.1, 0.15) is 6.33 Å². The molecule has 0 saturated heterocycles. The van der Waals surface area contributed by atoms with Crippen LogP contribution in [-0.2, 0) is 6.54 Å². The summed E-state index contributed by atoms with van der Waals surface area (Å²) in [6, 6.07) is 0. The van der Waals surface area contributed by atoms with Gasteiger partial charge in [-0.15, -0.1) is 0 Å². The fraction of sp³-hybridized carbons (Fsp3) is 0.556. The van der Waals surface area contributed by atoms with Crippen molar-refractivity contribution in [3.63, 3.8) is 0 Å². The Bertz CT molecular complexity index is 211. The van der Waals surface area contributed by atoms with Gasteiger partial charge in [-0.05, 0) is 19.5 Å². The lowest BCUT2D eigenvalue weighted by molar-refractivity contribution is 0.777. The largest absolute Gasteiger partial charge is 0.314 e. The summed E-state index contributed by atoms with van der Waals surface area (Å²) in [4.78, 5) is 7.98. The molecule has 0 bridgehead atoms. The van der Waals surface area contributed by atoms with Crippen molar-refractivity contribution in [2.45, 2.75) is 27.3 Å². The van der Waals surface area contributed by atoms with E-state index in [-0.39, 0.29) is 0 Å². The Balaban J connectivity index is 0.000000561. The molecule has 12 heavy (non-hydrogen) atoms. The number of aryl methyl sites for hydroxylation is 1. The van der Waals surface area contributed by atoms with Crippen LogP contribution in [0.15, 0.2) is 12.5 Å². The van der Waals surface area contributed by atoms with Crippen molar-refractivity contribution in [2.75, 3.05) is 7.05 Å². The molecule has 0 aliphatic heterocycles. The van der Waals surface area contributed by atoms with E-state index in [1.807, 2.05) is 34.0 Å². The molecule has 0 unspecified atom stereocenters. The maximum atomic E-state index is 4.09. The van der Waals surface area contributed by atoms with Gasteiger partial charge in [0.25, 0.3) is 0 Å². The maximum absolute atomic E-state index is 4.09. The van der Waals surface area contributed by atoms with Crippen LogP contribution in [0, 0.1) is 6.92 Å². The highest BCUT2D eigenvalue weighted by Crippen LogP contribution is 1.98. The molecule has 1 aromatic rings. The first-order chi connectivity index (χ1) is 5.84. The average molecular weight is 167 g/mol. The molecule has 0 atom stereocenters. The zero-order valence-corrected chi connectivity index (χ0v) is 8.26. The summed E-state index contributed by atoms with van der Waals surface area (Å²) in [6.45, 7) is 6.82. The van der Waals surface area contributed by atoms with E-state index in [1.54, 1.807) is 6.33 Å². The third kappa shape index (κ3) is 3.44. The van der Waals surface area contributed by atoms with Crippen LogP contribution in [0.5, 0.6) is 0 Å². The van der Waals surface area contributed by atoms with Gasteiger partial charge in [0, 0.05) is 12.7 Å². The van der Waals surface area contributed by atoms with Gasteiger partial charge >= 0.3 is 0 Å². The molecule has 0 aliphatic carbocycles. The zero-order valence-electron chi connectivity index (χ0n) is 8.26. The van der Waals surface area contributed by atoms with Crippen molar-refractivity contribution in [3.05, 3.63) is 23.8 Å². The van der Waals surface area contributed by atoms with Crippen LogP contribution in [0.1, 0.15) is 25.1 Å². The maximum Gasteiger partial charge on any atom is 0.115 e. The van der Waals surface area contributed by atoms with Crippen molar-refractivity contribution >= 4 is 0 Å². The Labute approximate surface area is 74.3 Å². The second-order valence-corrected chi connectivity index (χ2v) is 2.18. The van der Waals surface area contributed by atoms with Gasteiger partial charge in [-0.3, -0.25) is 0 Å². The molecule has 0 aliphatic rings. The van der Waals surface area contributed by atoms with E-state index >= 15 is 0 Å². The predicted molar refractivity (Wildman–Crippen MR) is 50.9 cm³/mol. The van der Waals surface area contributed by atoms with Crippen molar-refractivity contribution in [1.82, 2.24) is 15.3 Å². The molecule has 3 nitrogen and oxygen atoms in total. The van der Waals surface area contributed by atoms with Crippen LogP contribution in [0.2, 0.25) is 0 Å². The number of hydrogen-bond acceptors (Lipinski definition) is 3. The van der Waals surface area contributed by atoms with Gasteiger partial charge < -0.3 is 5.32 Å². The number of nitrogens with one attached hydrogen (secondary N) is 1. The Morgan fingerprint density at radius 1 is 1.42 bits per heavy atom. The van der Waals surface area contributed by atoms with Gasteiger partial charge in [-0.25, -0.2) is 9.97 Å². The molecule has 0 amide bonds. The van der Waals surface area contributed by atoms with E-state index in [9.17, 15) is 0 Å². The minimum absolute atomic E-state index is 0.814. The molecule has 1 rings (SSSR count). The fourth-order valence-electron chi connectivity index (χ4n) is 0.777. The quantitative estimate of drug-likeness (QED) is 0.726. The van der Waals surface area contributed by atoms with Gasteiger partial charge in [0.2, 0.25) is 0 Å². The summed E-state index contributed by atoms with van der Waals surface area (Å²) >= 11 is 0. The normalized spacial score (nSPS) is 8.67. The third-order valence-electron chi connectivity index (χ3n) is 1.35. The second-order valence-electron chi connectivity index (χ2n) is 2.18. The minimum Gasteiger partial charge on any atom is -0.314 e. The summed E-state index contributed by atoms with van der Waals surface area (Å²) in [7, 11) is 1.90. The van der Waals surface area contributed by atoms with Gasteiger partial charge in [0.15, 0.2) is 0 Å². The predicted octanol–water partition coefficient (Wildman–Crippen LogP) is 1.53. The monoisotopic (exact) mass is 167 g/mol. The van der Waals surface area contributed by atoms with Crippen LogP contribution < -0.4 is 5.32 Å². The van der Waals surface area contributed by atoms with Crippen LogP contribution in [-0.4, -0.2) is 17.0 Å². The molecule has 1 heterocycles. The molecule has 0 saturated carbocycles. The molecule has 0 radical (unpaired) electrons.